The Kier molecular flexibility index (Phi) is 2.37. The van der Waals surface area contributed by atoms with Crippen molar-refractivity contribution >= 4 is 0 Å². The van der Waals surface area contributed by atoms with Gasteiger partial charge in [-0.2, -0.15) is 0 Å². The number of nitrogens with zero attached hydrogens (tertiary/aromatic N) is 1. The van der Waals surface area contributed by atoms with Crippen molar-refractivity contribution in [1.82, 2.24) is 4.90 Å². The summed E-state index contributed by atoms with van der Waals surface area (Å²) in [5.41, 5.74) is 0.205. The van der Waals surface area contributed by atoms with E-state index in [1.165, 1.54) is 51.6 Å². The van der Waals surface area contributed by atoms with Gasteiger partial charge >= 0.3 is 0 Å². The van der Waals surface area contributed by atoms with Crippen molar-refractivity contribution < 1.29 is 5.11 Å². The van der Waals surface area contributed by atoms with Crippen LogP contribution in [0.15, 0.2) is 0 Å². The Morgan fingerprint density at radius 2 is 1.75 bits per heavy atom. The van der Waals surface area contributed by atoms with Crippen molar-refractivity contribution in [1.29, 1.82) is 0 Å². The van der Waals surface area contributed by atoms with Gasteiger partial charge in [0.25, 0.3) is 0 Å². The van der Waals surface area contributed by atoms with Crippen LogP contribution >= 0.6 is 0 Å². The quantitative estimate of drug-likeness (QED) is 0.641. The number of hydrogen-bond donors (Lipinski definition) is 1. The minimum Gasteiger partial charge on any atom is -0.394 e. The SMILES string of the molecule is OC[C@@]12CCCCCN1CCC2. The molecule has 0 aromatic carbocycles. The molecule has 2 heteroatoms. The summed E-state index contributed by atoms with van der Waals surface area (Å²) >= 11 is 0. The van der Waals surface area contributed by atoms with Crippen LogP contribution in [-0.4, -0.2) is 35.2 Å². The third-order valence-corrected chi connectivity index (χ3v) is 3.61. The molecule has 2 heterocycles. The van der Waals surface area contributed by atoms with E-state index in [1.54, 1.807) is 0 Å². The maximum absolute atomic E-state index is 9.44. The summed E-state index contributed by atoms with van der Waals surface area (Å²) in [6, 6.07) is 0. The third-order valence-electron chi connectivity index (χ3n) is 3.61. The van der Waals surface area contributed by atoms with Gasteiger partial charge in [0.1, 0.15) is 0 Å². The van der Waals surface area contributed by atoms with E-state index in [1.807, 2.05) is 0 Å². The molecule has 2 saturated heterocycles. The first-order valence-electron chi connectivity index (χ1n) is 5.23. The Morgan fingerprint density at radius 1 is 1.00 bits per heavy atom. The maximum atomic E-state index is 9.44. The molecule has 0 saturated carbocycles. The van der Waals surface area contributed by atoms with Gasteiger partial charge in [-0.05, 0) is 38.8 Å². The van der Waals surface area contributed by atoms with Crippen molar-refractivity contribution in [3.8, 4) is 0 Å². The molecule has 1 N–H and O–H groups in total. The molecule has 0 aliphatic carbocycles. The van der Waals surface area contributed by atoms with Crippen molar-refractivity contribution in [3.05, 3.63) is 0 Å². The van der Waals surface area contributed by atoms with E-state index in [-0.39, 0.29) is 5.54 Å². The zero-order valence-electron chi connectivity index (χ0n) is 7.76. The summed E-state index contributed by atoms with van der Waals surface area (Å²) in [6.45, 7) is 2.83. The third kappa shape index (κ3) is 1.27. The molecule has 12 heavy (non-hydrogen) atoms. The van der Waals surface area contributed by atoms with Crippen molar-refractivity contribution in [3.63, 3.8) is 0 Å². The summed E-state index contributed by atoms with van der Waals surface area (Å²) in [4.78, 5) is 2.53. The lowest BCUT2D eigenvalue weighted by Gasteiger charge is -2.35. The minimum absolute atomic E-state index is 0.205. The summed E-state index contributed by atoms with van der Waals surface area (Å²) in [5, 5.41) is 9.44. The lowest BCUT2D eigenvalue weighted by Crippen LogP contribution is -2.46. The van der Waals surface area contributed by atoms with Gasteiger partial charge < -0.3 is 5.11 Å². The monoisotopic (exact) mass is 169 g/mol. The molecule has 0 spiro atoms. The molecule has 0 radical (unpaired) electrons. The first-order valence-corrected chi connectivity index (χ1v) is 5.23. The second kappa shape index (κ2) is 3.35. The zero-order chi connectivity index (χ0) is 8.44. The Labute approximate surface area is 74.6 Å². The predicted molar refractivity (Wildman–Crippen MR) is 49.1 cm³/mol. The molecule has 2 nitrogen and oxygen atoms in total. The van der Waals surface area contributed by atoms with Crippen molar-refractivity contribution in [2.24, 2.45) is 0 Å². The van der Waals surface area contributed by atoms with Crippen molar-refractivity contribution in [2.75, 3.05) is 19.7 Å². The van der Waals surface area contributed by atoms with Gasteiger partial charge in [-0.25, -0.2) is 0 Å². The van der Waals surface area contributed by atoms with Crippen LogP contribution < -0.4 is 0 Å². The van der Waals surface area contributed by atoms with Crippen LogP contribution in [0.3, 0.4) is 0 Å². The van der Waals surface area contributed by atoms with Gasteiger partial charge in [0.15, 0.2) is 0 Å². The molecular formula is C10H19NO. The lowest BCUT2D eigenvalue weighted by atomic mass is 9.92. The van der Waals surface area contributed by atoms with Crippen LogP contribution in [0.5, 0.6) is 0 Å². The molecule has 2 fully saturated rings. The van der Waals surface area contributed by atoms with Gasteiger partial charge in [-0.3, -0.25) is 4.90 Å². The van der Waals surface area contributed by atoms with E-state index in [4.69, 9.17) is 0 Å². The average Bonchev–Trinajstić information content (AvgIpc) is 2.40. The summed E-state index contributed by atoms with van der Waals surface area (Å²) in [7, 11) is 0. The van der Waals surface area contributed by atoms with E-state index in [0.29, 0.717) is 6.61 Å². The Hall–Kier alpha value is -0.0800. The fourth-order valence-corrected chi connectivity index (χ4v) is 2.82. The van der Waals surface area contributed by atoms with Crippen LogP contribution in [0.1, 0.15) is 38.5 Å². The molecule has 2 aliphatic heterocycles. The number of aliphatic hydroxyl groups is 1. The number of aliphatic hydroxyl groups excluding tert-OH is 1. The highest BCUT2D eigenvalue weighted by atomic mass is 16.3. The van der Waals surface area contributed by atoms with Crippen LogP contribution in [0.4, 0.5) is 0 Å². The number of rotatable bonds is 1. The number of hydrogen-bond acceptors (Lipinski definition) is 2. The molecule has 2 rings (SSSR count). The van der Waals surface area contributed by atoms with E-state index in [9.17, 15) is 5.11 Å². The molecule has 0 unspecified atom stereocenters. The van der Waals surface area contributed by atoms with Gasteiger partial charge in [-0.15, -0.1) is 0 Å². The lowest BCUT2D eigenvalue weighted by molar-refractivity contribution is 0.0646. The average molecular weight is 169 g/mol. The van der Waals surface area contributed by atoms with E-state index in [2.05, 4.69) is 4.90 Å². The summed E-state index contributed by atoms with van der Waals surface area (Å²) in [5.74, 6) is 0. The minimum atomic E-state index is 0.205. The Bertz CT molecular complexity index is 160. The first kappa shape index (κ1) is 8.52. The molecule has 0 aromatic heterocycles. The Morgan fingerprint density at radius 3 is 2.58 bits per heavy atom. The summed E-state index contributed by atoms with van der Waals surface area (Å²) < 4.78 is 0. The molecule has 0 amide bonds. The van der Waals surface area contributed by atoms with Crippen LogP contribution in [0, 0.1) is 0 Å². The second-order valence-corrected chi connectivity index (χ2v) is 4.28. The molecule has 2 aliphatic rings. The van der Waals surface area contributed by atoms with E-state index < -0.39 is 0 Å². The second-order valence-electron chi connectivity index (χ2n) is 4.28. The van der Waals surface area contributed by atoms with E-state index >= 15 is 0 Å². The van der Waals surface area contributed by atoms with Gasteiger partial charge in [0.05, 0.1) is 6.61 Å². The smallest absolute Gasteiger partial charge is 0.0615 e. The van der Waals surface area contributed by atoms with Gasteiger partial charge in [0.2, 0.25) is 0 Å². The topological polar surface area (TPSA) is 23.5 Å². The maximum Gasteiger partial charge on any atom is 0.0615 e. The fraction of sp³-hybridized carbons (Fsp3) is 1.00. The molecule has 0 bridgehead atoms. The fourth-order valence-electron chi connectivity index (χ4n) is 2.82. The van der Waals surface area contributed by atoms with Gasteiger partial charge in [0, 0.05) is 5.54 Å². The van der Waals surface area contributed by atoms with Gasteiger partial charge in [-0.1, -0.05) is 12.8 Å². The van der Waals surface area contributed by atoms with E-state index in [0.717, 1.165) is 0 Å². The Balaban J connectivity index is 2.11. The van der Waals surface area contributed by atoms with Crippen LogP contribution in [0.2, 0.25) is 0 Å². The highest BCUT2D eigenvalue weighted by Gasteiger charge is 2.40. The zero-order valence-corrected chi connectivity index (χ0v) is 7.76. The van der Waals surface area contributed by atoms with Crippen LogP contribution in [-0.2, 0) is 0 Å². The summed E-state index contributed by atoms with van der Waals surface area (Å²) in [6.07, 6.45) is 7.75. The first-order chi connectivity index (χ1) is 5.87. The highest BCUT2D eigenvalue weighted by molar-refractivity contribution is 4.96. The molecule has 70 valence electrons. The normalized spacial score (nSPS) is 37.8. The van der Waals surface area contributed by atoms with Crippen LogP contribution in [0.25, 0.3) is 0 Å². The molecular weight excluding hydrogens is 150 g/mol. The predicted octanol–water partition coefficient (Wildman–Crippen LogP) is 1.39. The largest absolute Gasteiger partial charge is 0.394 e. The molecule has 0 aromatic rings. The molecule has 1 atom stereocenters. The van der Waals surface area contributed by atoms with Crippen molar-refractivity contribution in [2.45, 2.75) is 44.1 Å². The number of fused-ring (bicyclic) bond motifs is 1. The standard InChI is InChI=1S/C10H19NO/c12-9-10-5-2-1-3-7-11(10)8-4-6-10/h12H,1-9H2/t10-/m0/s1. The highest BCUT2D eigenvalue weighted by Crippen LogP contribution is 2.35.